The van der Waals surface area contributed by atoms with Gasteiger partial charge in [0.05, 0.1) is 10.9 Å². The predicted octanol–water partition coefficient (Wildman–Crippen LogP) is 1.09. The lowest BCUT2D eigenvalue weighted by Gasteiger charge is -1.79. The van der Waals surface area contributed by atoms with E-state index in [-0.39, 0.29) is 0 Å². The number of rotatable bonds is 0. The van der Waals surface area contributed by atoms with Gasteiger partial charge in [-0.25, -0.2) is 0 Å². The molecule has 4 heteroatoms. The number of hydrogen-bond donors (Lipinski definition) is 0. The molecule has 0 amide bonds. The standard InChI is InChI=1S/C5H3N3S/c1-2-9-5-3-6-8-7-4(1)5/h1-3H. The van der Waals surface area contributed by atoms with Crippen LogP contribution < -0.4 is 0 Å². The summed E-state index contributed by atoms with van der Waals surface area (Å²) in [6, 6.07) is 1.93. The van der Waals surface area contributed by atoms with Crippen LogP contribution in [0.3, 0.4) is 0 Å². The molecule has 2 rings (SSSR count). The van der Waals surface area contributed by atoms with Crippen molar-refractivity contribution in [3.8, 4) is 0 Å². The summed E-state index contributed by atoms with van der Waals surface area (Å²) < 4.78 is 1.09. The summed E-state index contributed by atoms with van der Waals surface area (Å²) in [5, 5.41) is 12.9. The van der Waals surface area contributed by atoms with Crippen molar-refractivity contribution in [3.05, 3.63) is 17.6 Å². The largest absolute Gasteiger partial charge is 0.140 e. The lowest BCUT2D eigenvalue weighted by molar-refractivity contribution is 0.898. The summed E-state index contributed by atoms with van der Waals surface area (Å²) in [5.74, 6) is 0. The zero-order chi connectivity index (χ0) is 6.10. The third kappa shape index (κ3) is 0.675. The molecule has 44 valence electrons. The fourth-order valence-electron chi connectivity index (χ4n) is 0.646. The molecule has 0 unspecified atom stereocenters. The molecule has 0 bridgehead atoms. The van der Waals surface area contributed by atoms with E-state index in [2.05, 4.69) is 15.4 Å². The zero-order valence-electron chi connectivity index (χ0n) is 4.48. The van der Waals surface area contributed by atoms with Crippen LogP contribution in [0.2, 0.25) is 0 Å². The summed E-state index contributed by atoms with van der Waals surface area (Å²) in [6.07, 6.45) is 1.72. The molecular weight excluding hydrogens is 134 g/mol. The maximum Gasteiger partial charge on any atom is 0.107 e. The number of nitrogens with zero attached hydrogens (tertiary/aromatic N) is 3. The number of aromatic nitrogens is 3. The van der Waals surface area contributed by atoms with Crippen LogP contribution in [0.1, 0.15) is 0 Å². The minimum Gasteiger partial charge on any atom is -0.140 e. The molecule has 0 atom stereocenters. The second kappa shape index (κ2) is 1.73. The second-order valence-electron chi connectivity index (χ2n) is 1.60. The fourth-order valence-corrected chi connectivity index (χ4v) is 1.33. The van der Waals surface area contributed by atoms with E-state index >= 15 is 0 Å². The highest BCUT2D eigenvalue weighted by Gasteiger charge is 1.91. The minimum absolute atomic E-state index is 0.926. The van der Waals surface area contributed by atoms with Gasteiger partial charge in [-0.15, -0.1) is 21.5 Å². The van der Waals surface area contributed by atoms with Crippen molar-refractivity contribution < 1.29 is 0 Å². The van der Waals surface area contributed by atoms with Crippen molar-refractivity contribution in [2.45, 2.75) is 0 Å². The Labute approximate surface area is 55.3 Å². The Balaban J connectivity index is 2.95. The first-order valence-corrected chi connectivity index (χ1v) is 3.36. The van der Waals surface area contributed by atoms with E-state index in [0.29, 0.717) is 0 Å². The van der Waals surface area contributed by atoms with E-state index in [0.717, 1.165) is 10.2 Å². The molecule has 2 heterocycles. The van der Waals surface area contributed by atoms with Crippen molar-refractivity contribution in [1.82, 2.24) is 15.4 Å². The van der Waals surface area contributed by atoms with Crippen LogP contribution in [0.4, 0.5) is 0 Å². The first-order valence-electron chi connectivity index (χ1n) is 2.48. The molecule has 0 saturated carbocycles. The molecule has 9 heavy (non-hydrogen) atoms. The van der Waals surface area contributed by atoms with Gasteiger partial charge in [-0.3, -0.25) is 0 Å². The van der Waals surface area contributed by atoms with Gasteiger partial charge in [-0.05, 0) is 16.7 Å². The minimum atomic E-state index is 0.926. The Morgan fingerprint density at radius 1 is 1.44 bits per heavy atom. The topological polar surface area (TPSA) is 38.7 Å². The molecule has 0 radical (unpaired) electrons. The predicted molar refractivity (Wildman–Crippen MR) is 35.2 cm³/mol. The van der Waals surface area contributed by atoms with Crippen molar-refractivity contribution in [3.63, 3.8) is 0 Å². The van der Waals surface area contributed by atoms with Gasteiger partial charge in [-0.2, -0.15) is 0 Å². The SMILES string of the molecule is c1cc2nnncc2s1. The van der Waals surface area contributed by atoms with E-state index in [1.165, 1.54) is 0 Å². The highest BCUT2D eigenvalue weighted by molar-refractivity contribution is 7.17. The summed E-state index contributed by atoms with van der Waals surface area (Å²) >= 11 is 1.62. The van der Waals surface area contributed by atoms with Gasteiger partial charge in [0, 0.05) is 0 Å². The maximum absolute atomic E-state index is 3.79. The summed E-state index contributed by atoms with van der Waals surface area (Å²) in [5.41, 5.74) is 0.926. The zero-order valence-corrected chi connectivity index (χ0v) is 5.30. The van der Waals surface area contributed by atoms with Crippen LogP contribution in [0.5, 0.6) is 0 Å². The van der Waals surface area contributed by atoms with Crippen LogP contribution >= 0.6 is 11.3 Å². The van der Waals surface area contributed by atoms with Crippen LogP contribution in [0, 0.1) is 0 Å². The van der Waals surface area contributed by atoms with Gasteiger partial charge in [-0.1, -0.05) is 0 Å². The molecule has 0 saturated heterocycles. The quantitative estimate of drug-likeness (QED) is 0.545. The molecule has 0 aliphatic rings. The maximum atomic E-state index is 3.79. The van der Waals surface area contributed by atoms with Crippen LogP contribution in [0.15, 0.2) is 17.6 Å². The summed E-state index contributed by atoms with van der Waals surface area (Å²) in [6.45, 7) is 0. The van der Waals surface area contributed by atoms with E-state index in [1.54, 1.807) is 17.5 Å². The molecule has 0 aliphatic heterocycles. The molecule has 0 spiro atoms. The van der Waals surface area contributed by atoms with Gasteiger partial charge >= 0.3 is 0 Å². The Morgan fingerprint density at radius 2 is 2.44 bits per heavy atom. The lowest BCUT2D eigenvalue weighted by atomic mass is 10.5. The third-order valence-electron chi connectivity index (χ3n) is 1.05. The summed E-state index contributed by atoms with van der Waals surface area (Å²) in [4.78, 5) is 0. The van der Waals surface area contributed by atoms with Gasteiger partial charge < -0.3 is 0 Å². The van der Waals surface area contributed by atoms with Gasteiger partial charge in [0.15, 0.2) is 0 Å². The van der Waals surface area contributed by atoms with Crippen LogP contribution in [-0.4, -0.2) is 15.4 Å². The molecule has 0 aliphatic carbocycles. The smallest absolute Gasteiger partial charge is 0.107 e. The molecule has 2 aromatic heterocycles. The highest BCUT2D eigenvalue weighted by atomic mass is 32.1. The third-order valence-corrected chi connectivity index (χ3v) is 1.89. The molecule has 3 nitrogen and oxygen atoms in total. The average Bonchev–Trinajstić information content (AvgIpc) is 2.33. The Bertz CT molecular complexity index is 286. The summed E-state index contributed by atoms with van der Waals surface area (Å²) in [7, 11) is 0. The monoisotopic (exact) mass is 137 g/mol. The van der Waals surface area contributed by atoms with E-state index < -0.39 is 0 Å². The van der Waals surface area contributed by atoms with Crippen molar-refractivity contribution >= 4 is 21.6 Å². The number of fused-ring (bicyclic) bond motifs is 1. The van der Waals surface area contributed by atoms with Gasteiger partial charge in [0.2, 0.25) is 0 Å². The van der Waals surface area contributed by atoms with E-state index in [1.807, 2.05) is 11.4 Å². The first-order chi connectivity index (χ1) is 4.47. The number of thiophene rings is 1. The van der Waals surface area contributed by atoms with Crippen LogP contribution in [-0.2, 0) is 0 Å². The normalized spacial score (nSPS) is 10.2. The number of hydrogen-bond acceptors (Lipinski definition) is 4. The Kier molecular flexibility index (Phi) is 0.927. The van der Waals surface area contributed by atoms with Gasteiger partial charge in [0.25, 0.3) is 0 Å². The molecular formula is C5H3N3S. The van der Waals surface area contributed by atoms with Crippen molar-refractivity contribution in [1.29, 1.82) is 0 Å². The van der Waals surface area contributed by atoms with E-state index in [9.17, 15) is 0 Å². The van der Waals surface area contributed by atoms with E-state index in [4.69, 9.17) is 0 Å². The van der Waals surface area contributed by atoms with Crippen molar-refractivity contribution in [2.24, 2.45) is 0 Å². The fraction of sp³-hybridized carbons (Fsp3) is 0. The average molecular weight is 137 g/mol. The molecule has 0 fully saturated rings. The Morgan fingerprint density at radius 3 is 3.33 bits per heavy atom. The van der Waals surface area contributed by atoms with Crippen molar-refractivity contribution in [2.75, 3.05) is 0 Å². The Hall–Kier alpha value is -1.03. The first kappa shape index (κ1) is 4.81. The van der Waals surface area contributed by atoms with Crippen LogP contribution in [0.25, 0.3) is 10.2 Å². The highest BCUT2D eigenvalue weighted by Crippen LogP contribution is 2.14. The van der Waals surface area contributed by atoms with Gasteiger partial charge in [0.1, 0.15) is 5.52 Å². The second-order valence-corrected chi connectivity index (χ2v) is 2.55. The molecule has 2 aromatic rings. The molecule has 0 N–H and O–H groups in total. The molecule has 0 aromatic carbocycles. The lowest BCUT2D eigenvalue weighted by Crippen LogP contribution is -1.81.